The highest BCUT2D eigenvalue weighted by Gasteiger charge is 2.17. The lowest BCUT2D eigenvalue weighted by Gasteiger charge is -2.05. The maximum Gasteiger partial charge on any atom is 0.277 e. The highest BCUT2D eigenvalue weighted by atomic mass is 79.9. The summed E-state index contributed by atoms with van der Waals surface area (Å²) in [6.07, 6.45) is 5.13. The number of carbonyl (C=O) groups is 1. The molecule has 0 bridgehead atoms. The molecule has 0 saturated carbocycles. The molecular formula is C18H16BrN7O. The van der Waals surface area contributed by atoms with Gasteiger partial charge in [-0.3, -0.25) is 9.48 Å². The van der Waals surface area contributed by atoms with Gasteiger partial charge in [-0.05, 0) is 48.0 Å². The first-order chi connectivity index (χ1) is 13.1. The Hall–Kier alpha value is -3.07. The van der Waals surface area contributed by atoms with E-state index < -0.39 is 0 Å². The number of nitrogens with one attached hydrogen (secondary N) is 1. The summed E-state index contributed by atoms with van der Waals surface area (Å²) in [5, 5.41) is 11.6. The van der Waals surface area contributed by atoms with Crippen molar-refractivity contribution in [3.8, 4) is 11.3 Å². The molecule has 4 aromatic heterocycles. The largest absolute Gasteiger partial charge is 0.305 e. The van der Waals surface area contributed by atoms with Gasteiger partial charge in [-0.2, -0.15) is 10.2 Å². The van der Waals surface area contributed by atoms with E-state index in [9.17, 15) is 4.79 Å². The van der Waals surface area contributed by atoms with E-state index in [0.717, 1.165) is 28.0 Å². The van der Waals surface area contributed by atoms with Gasteiger partial charge in [0.15, 0.2) is 11.3 Å². The maximum atomic E-state index is 12.6. The normalized spacial score (nSPS) is 11.1. The number of halogens is 1. The van der Waals surface area contributed by atoms with Crippen molar-refractivity contribution in [3.63, 3.8) is 0 Å². The summed E-state index contributed by atoms with van der Waals surface area (Å²) in [4.78, 5) is 21.0. The van der Waals surface area contributed by atoms with E-state index in [4.69, 9.17) is 0 Å². The second-order valence-corrected chi connectivity index (χ2v) is 6.82. The van der Waals surface area contributed by atoms with E-state index >= 15 is 0 Å². The van der Waals surface area contributed by atoms with E-state index in [1.165, 1.54) is 0 Å². The van der Waals surface area contributed by atoms with E-state index in [1.54, 1.807) is 41.3 Å². The summed E-state index contributed by atoms with van der Waals surface area (Å²) >= 11 is 3.32. The van der Waals surface area contributed by atoms with Gasteiger partial charge in [0.2, 0.25) is 0 Å². The number of anilines is 1. The quantitative estimate of drug-likeness (QED) is 0.541. The Morgan fingerprint density at radius 1 is 1.22 bits per heavy atom. The third-order valence-corrected chi connectivity index (χ3v) is 4.71. The molecule has 0 unspecified atom stereocenters. The van der Waals surface area contributed by atoms with Crippen LogP contribution in [-0.4, -0.2) is 35.3 Å². The van der Waals surface area contributed by atoms with Crippen LogP contribution in [0.25, 0.3) is 16.9 Å². The van der Waals surface area contributed by atoms with Crippen LogP contribution in [0.4, 0.5) is 5.82 Å². The monoisotopic (exact) mass is 425 g/mol. The lowest BCUT2D eigenvalue weighted by molar-refractivity contribution is 0.102. The molecule has 4 aromatic rings. The Kier molecular flexibility index (Phi) is 4.44. The van der Waals surface area contributed by atoms with Gasteiger partial charge in [-0.15, -0.1) is 0 Å². The van der Waals surface area contributed by atoms with E-state index in [2.05, 4.69) is 41.4 Å². The average Bonchev–Trinajstić information content (AvgIpc) is 3.27. The number of amides is 1. The van der Waals surface area contributed by atoms with E-state index in [-0.39, 0.29) is 11.6 Å². The molecule has 1 amide bonds. The molecule has 27 heavy (non-hydrogen) atoms. The van der Waals surface area contributed by atoms with Crippen LogP contribution in [0.2, 0.25) is 0 Å². The van der Waals surface area contributed by atoms with Crippen LogP contribution >= 0.6 is 15.9 Å². The van der Waals surface area contributed by atoms with Crippen molar-refractivity contribution in [1.29, 1.82) is 0 Å². The van der Waals surface area contributed by atoms with Crippen LogP contribution in [0.1, 0.15) is 23.1 Å². The predicted octanol–water partition coefficient (Wildman–Crippen LogP) is 3.33. The van der Waals surface area contributed by atoms with Crippen LogP contribution in [0.5, 0.6) is 0 Å². The van der Waals surface area contributed by atoms with Crippen LogP contribution in [0.15, 0.2) is 47.3 Å². The summed E-state index contributed by atoms with van der Waals surface area (Å²) in [5.74, 6) is 0.107. The predicted molar refractivity (Wildman–Crippen MR) is 105 cm³/mol. The summed E-state index contributed by atoms with van der Waals surface area (Å²) < 4.78 is 4.41. The minimum absolute atomic E-state index is 0.264. The molecule has 0 aliphatic heterocycles. The maximum absolute atomic E-state index is 12.6. The third-order valence-electron chi connectivity index (χ3n) is 4.24. The fourth-order valence-corrected chi connectivity index (χ4v) is 3.09. The van der Waals surface area contributed by atoms with Crippen LogP contribution in [-0.2, 0) is 6.54 Å². The first kappa shape index (κ1) is 17.3. The van der Waals surface area contributed by atoms with Crippen molar-refractivity contribution in [2.45, 2.75) is 20.4 Å². The molecule has 0 aliphatic rings. The summed E-state index contributed by atoms with van der Waals surface area (Å²) in [6.45, 7) is 4.83. The molecule has 0 fully saturated rings. The standard InChI is InChI=1S/C18H16BrN7O/c1-3-25-11(2)13(10-22-25)15-6-7-20-17-8-14(24-26(15)17)18(27)23-16-5-4-12(19)9-21-16/h4-10H,3H2,1-2H3,(H,21,23,27). The van der Waals surface area contributed by atoms with Gasteiger partial charge >= 0.3 is 0 Å². The Labute approximate surface area is 163 Å². The Morgan fingerprint density at radius 2 is 2.07 bits per heavy atom. The van der Waals surface area contributed by atoms with Crippen molar-refractivity contribution >= 4 is 33.3 Å². The molecule has 136 valence electrons. The fourth-order valence-electron chi connectivity index (χ4n) is 2.86. The first-order valence-electron chi connectivity index (χ1n) is 8.37. The van der Waals surface area contributed by atoms with Gasteiger partial charge in [-0.1, -0.05) is 0 Å². The molecule has 0 aromatic carbocycles. The van der Waals surface area contributed by atoms with Gasteiger partial charge in [-0.25, -0.2) is 14.5 Å². The Bertz CT molecular complexity index is 1130. The number of hydrogen-bond acceptors (Lipinski definition) is 5. The number of rotatable bonds is 4. The SMILES string of the molecule is CCn1ncc(-c2ccnc3cc(C(=O)Nc4ccc(Br)cn4)nn23)c1C. The zero-order valence-corrected chi connectivity index (χ0v) is 16.3. The van der Waals surface area contributed by atoms with Crippen LogP contribution in [0.3, 0.4) is 0 Å². The smallest absolute Gasteiger partial charge is 0.277 e. The topological polar surface area (TPSA) is 90.0 Å². The molecule has 0 aliphatic carbocycles. The van der Waals surface area contributed by atoms with Gasteiger partial charge in [0.1, 0.15) is 5.82 Å². The first-order valence-corrected chi connectivity index (χ1v) is 9.16. The number of aromatic nitrogens is 6. The molecule has 4 rings (SSSR count). The van der Waals surface area contributed by atoms with Crippen molar-refractivity contribution in [3.05, 3.63) is 58.7 Å². The zero-order chi connectivity index (χ0) is 19.0. The highest BCUT2D eigenvalue weighted by molar-refractivity contribution is 9.10. The minimum Gasteiger partial charge on any atom is -0.305 e. The Morgan fingerprint density at radius 3 is 2.78 bits per heavy atom. The molecule has 0 spiro atoms. The van der Waals surface area contributed by atoms with Gasteiger partial charge < -0.3 is 5.32 Å². The number of fused-ring (bicyclic) bond motifs is 1. The molecule has 1 N–H and O–H groups in total. The molecule has 8 nitrogen and oxygen atoms in total. The third kappa shape index (κ3) is 3.21. The number of hydrogen-bond donors (Lipinski definition) is 1. The molecule has 0 radical (unpaired) electrons. The van der Waals surface area contributed by atoms with Gasteiger partial charge in [0, 0.05) is 40.7 Å². The fraction of sp³-hybridized carbons (Fsp3) is 0.167. The second-order valence-electron chi connectivity index (χ2n) is 5.90. The molecule has 0 atom stereocenters. The number of pyridine rings is 1. The lowest BCUT2D eigenvalue weighted by atomic mass is 10.2. The number of nitrogens with zero attached hydrogens (tertiary/aromatic N) is 6. The molecule has 4 heterocycles. The zero-order valence-electron chi connectivity index (χ0n) is 14.7. The van der Waals surface area contributed by atoms with Gasteiger partial charge in [0.25, 0.3) is 5.91 Å². The van der Waals surface area contributed by atoms with Crippen LogP contribution < -0.4 is 5.32 Å². The Balaban J connectivity index is 1.71. The van der Waals surface area contributed by atoms with Crippen LogP contribution in [0, 0.1) is 6.92 Å². The van der Waals surface area contributed by atoms with Crippen molar-refractivity contribution in [2.75, 3.05) is 5.32 Å². The van der Waals surface area contributed by atoms with Crippen molar-refractivity contribution < 1.29 is 4.79 Å². The summed E-state index contributed by atoms with van der Waals surface area (Å²) in [5.41, 5.74) is 3.67. The number of aryl methyl sites for hydroxylation is 1. The molecule has 9 heteroatoms. The van der Waals surface area contributed by atoms with Gasteiger partial charge in [0.05, 0.1) is 11.9 Å². The van der Waals surface area contributed by atoms with Crippen molar-refractivity contribution in [1.82, 2.24) is 29.4 Å². The highest BCUT2D eigenvalue weighted by Crippen LogP contribution is 2.23. The van der Waals surface area contributed by atoms with E-state index in [1.807, 2.05) is 24.6 Å². The summed E-state index contributed by atoms with van der Waals surface area (Å²) in [7, 11) is 0. The van der Waals surface area contributed by atoms with E-state index in [0.29, 0.717) is 11.5 Å². The lowest BCUT2D eigenvalue weighted by Crippen LogP contribution is -2.13. The molecule has 0 saturated heterocycles. The summed E-state index contributed by atoms with van der Waals surface area (Å²) in [6, 6.07) is 7.03. The number of carbonyl (C=O) groups excluding carboxylic acids is 1. The average molecular weight is 426 g/mol. The minimum atomic E-state index is -0.345. The van der Waals surface area contributed by atoms with Crippen molar-refractivity contribution in [2.24, 2.45) is 0 Å². The second kappa shape index (κ2) is 6.92. The molecular weight excluding hydrogens is 410 g/mol.